The van der Waals surface area contributed by atoms with Gasteiger partial charge in [0.1, 0.15) is 17.7 Å². The molecule has 2 atom stereocenters. The third kappa shape index (κ3) is 4.35. The molecular formula is C22H16ClF6N3O3. The maximum atomic E-state index is 14.5. The standard InChI is InChI=1S/C22H16ClF6N3O3/c1-10(14-6-17-18(7-16(14)24)35-22(28,29)34-17)33-12-5-11(8-30-9-12)32-19-13(3-2-4-15(19)23)20(31-32)21(25,26)27/h5-10,15H,2-4H2,1H3/t10-,15-/m0/s1. The van der Waals surface area contributed by atoms with Crippen LogP contribution in [-0.4, -0.2) is 21.1 Å². The van der Waals surface area contributed by atoms with E-state index < -0.39 is 41.2 Å². The summed E-state index contributed by atoms with van der Waals surface area (Å²) >= 11 is 6.36. The van der Waals surface area contributed by atoms with Crippen molar-refractivity contribution in [2.45, 2.75) is 50.1 Å². The van der Waals surface area contributed by atoms with Gasteiger partial charge in [-0.15, -0.1) is 20.4 Å². The second kappa shape index (κ2) is 8.21. The average molecular weight is 520 g/mol. The van der Waals surface area contributed by atoms with E-state index >= 15 is 0 Å². The molecule has 0 amide bonds. The summed E-state index contributed by atoms with van der Waals surface area (Å²) in [6.07, 6.45) is -5.82. The first kappa shape index (κ1) is 23.6. The minimum Gasteiger partial charge on any atom is -0.484 e. The zero-order chi connectivity index (χ0) is 25.1. The van der Waals surface area contributed by atoms with Gasteiger partial charge in [-0.1, -0.05) is 0 Å². The highest BCUT2D eigenvalue weighted by Crippen LogP contribution is 2.44. The van der Waals surface area contributed by atoms with Crippen LogP contribution in [0.5, 0.6) is 17.2 Å². The van der Waals surface area contributed by atoms with E-state index in [-0.39, 0.29) is 40.4 Å². The van der Waals surface area contributed by atoms with E-state index in [0.717, 1.165) is 16.8 Å². The van der Waals surface area contributed by atoms with Crippen molar-refractivity contribution < 1.29 is 40.6 Å². The summed E-state index contributed by atoms with van der Waals surface area (Å²) in [7, 11) is 0. The van der Waals surface area contributed by atoms with Gasteiger partial charge in [0.15, 0.2) is 17.2 Å². The van der Waals surface area contributed by atoms with Crippen LogP contribution in [0, 0.1) is 5.82 Å². The molecule has 6 nitrogen and oxygen atoms in total. The molecule has 0 bridgehead atoms. The Balaban J connectivity index is 1.46. The second-order valence-electron chi connectivity index (χ2n) is 8.11. The van der Waals surface area contributed by atoms with Crippen LogP contribution < -0.4 is 14.2 Å². The maximum absolute atomic E-state index is 14.5. The molecule has 35 heavy (non-hydrogen) atoms. The minimum absolute atomic E-state index is 0.0441. The van der Waals surface area contributed by atoms with Crippen molar-refractivity contribution in [3.63, 3.8) is 0 Å². The van der Waals surface area contributed by atoms with Gasteiger partial charge in [-0.2, -0.15) is 18.3 Å². The monoisotopic (exact) mass is 519 g/mol. The van der Waals surface area contributed by atoms with Gasteiger partial charge < -0.3 is 14.2 Å². The summed E-state index contributed by atoms with van der Waals surface area (Å²) in [6.45, 7) is 1.46. The second-order valence-corrected chi connectivity index (χ2v) is 8.64. The molecule has 0 unspecified atom stereocenters. The van der Waals surface area contributed by atoms with Crippen LogP contribution in [0.25, 0.3) is 5.69 Å². The summed E-state index contributed by atoms with van der Waals surface area (Å²) in [5, 5.41) is 3.11. The van der Waals surface area contributed by atoms with Gasteiger partial charge in [-0.05, 0) is 32.3 Å². The fourth-order valence-corrected chi connectivity index (χ4v) is 4.58. The number of halogens is 7. The van der Waals surface area contributed by atoms with Gasteiger partial charge in [0.25, 0.3) is 0 Å². The molecule has 2 aliphatic rings. The number of nitrogens with zero attached hydrogens (tertiary/aromatic N) is 3. The Morgan fingerprint density at radius 3 is 2.60 bits per heavy atom. The number of rotatable bonds is 4. The highest BCUT2D eigenvalue weighted by Gasteiger charge is 2.44. The summed E-state index contributed by atoms with van der Waals surface area (Å²) in [4.78, 5) is 4.00. The smallest absolute Gasteiger partial charge is 0.484 e. The fraction of sp³-hybridized carbons (Fsp3) is 0.364. The highest BCUT2D eigenvalue weighted by atomic mass is 35.5. The van der Waals surface area contributed by atoms with E-state index in [1.165, 1.54) is 25.4 Å². The predicted octanol–water partition coefficient (Wildman–Crippen LogP) is 6.50. The van der Waals surface area contributed by atoms with Crippen LogP contribution in [0.4, 0.5) is 26.3 Å². The van der Waals surface area contributed by atoms with Crippen molar-refractivity contribution in [3.05, 3.63) is 58.9 Å². The van der Waals surface area contributed by atoms with Crippen LogP contribution in [-0.2, 0) is 12.6 Å². The Labute approximate surface area is 199 Å². The number of aromatic nitrogens is 3. The van der Waals surface area contributed by atoms with Gasteiger partial charge in [0.2, 0.25) is 0 Å². The van der Waals surface area contributed by atoms with E-state index in [9.17, 15) is 26.3 Å². The zero-order valence-electron chi connectivity index (χ0n) is 17.9. The van der Waals surface area contributed by atoms with Crippen LogP contribution in [0.3, 0.4) is 0 Å². The first-order valence-electron chi connectivity index (χ1n) is 10.5. The molecule has 1 aliphatic carbocycles. The lowest BCUT2D eigenvalue weighted by Gasteiger charge is -2.20. The zero-order valence-corrected chi connectivity index (χ0v) is 18.6. The van der Waals surface area contributed by atoms with Crippen LogP contribution >= 0.6 is 11.6 Å². The molecule has 3 aromatic rings. The van der Waals surface area contributed by atoms with Crippen molar-refractivity contribution in [1.82, 2.24) is 14.8 Å². The minimum atomic E-state index is -4.66. The van der Waals surface area contributed by atoms with Gasteiger partial charge >= 0.3 is 12.5 Å². The number of hydrogen-bond acceptors (Lipinski definition) is 5. The average Bonchev–Trinajstić information content (AvgIpc) is 3.30. The number of hydrogen-bond donors (Lipinski definition) is 0. The quantitative estimate of drug-likeness (QED) is 0.291. The van der Waals surface area contributed by atoms with Gasteiger partial charge in [-0.3, -0.25) is 4.98 Å². The number of benzene rings is 1. The van der Waals surface area contributed by atoms with E-state index in [2.05, 4.69) is 19.6 Å². The molecule has 0 N–H and O–H groups in total. The van der Waals surface area contributed by atoms with Crippen molar-refractivity contribution in [2.24, 2.45) is 0 Å². The molecule has 186 valence electrons. The lowest BCUT2D eigenvalue weighted by Crippen LogP contribution is -2.25. The van der Waals surface area contributed by atoms with Crippen molar-refractivity contribution in [3.8, 4) is 22.9 Å². The molecule has 1 aromatic carbocycles. The largest absolute Gasteiger partial charge is 0.586 e. The third-order valence-electron chi connectivity index (χ3n) is 5.69. The molecule has 3 heterocycles. The van der Waals surface area contributed by atoms with E-state index in [4.69, 9.17) is 16.3 Å². The molecule has 1 aliphatic heterocycles. The maximum Gasteiger partial charge on any atom is 0.586 e. The van der Waals surface area contributed by atoms with Crippen LogP contribution in [0.2, 0.25) is 0 Å². The third-order valence-corrected chi connectivity index (χ3v) is 6.11. The van der Waals surface area contributed by atoms with E-state index in [1.807, 2.05) is 0 Å². The normalized spacial score (nSPS) is 19.4. The number of fused-ring (bicyclic) bond motifs is 2. The van der Waals surface area contributed by atoms with Crippen LogP contribution in [0.1, 0.15) is 53.8 Å². The predicted molar refractivity (Wildman–Crippen MR) is 110 cm³/mol. The first-order valence-corrected chi connectivity index (χ1v) is 10.9. The summed E-state index contributed by atoms with van der Waals surface area (Å²) in [6, 6.07) is 3.18. The number of alkyl halides is 6. The Morgan fingerprint density at radius 2 is 1.89 bits per heavy atom. The van der Waals surface area contributed by atoms with Crippen molar-refractivity contribution >= 4 is 11.6 Å². The first-order chi connectivity index (χ1) is 16.4. The molecule has 13 heteroatoms. The van der Waals surface area contributed by atoms with E-state index in [0.29, 0.717) is 12.8 Å². The molecule has 5 rings (SSSR count). The Bertz CT molecular complexity index is 1300. The summed E-state index contributed by atoms with van der Waals surface area (Å²) in [5.74, 6) is -1.60. The Kier molecular flexibility index (Phi) is 5.53. The lowest BCUT2D eigenvalue weighted by molar-refractivity contribution is -0.286. The molecule has 0 fully saturated rings. The SMILES string of the molecule is C[C@H](Oc1cncc(-n2nc(C(F)(F)F)c3c2[C@@H](Cl)CCC3)c1)c1cc2c(cc1F)OC(F)(F)O2. The van der Waals surface area contributed by atoms with Gasteiger partial charge in [0.05, 0.1) is 29.2 Å². The topological polar surface area (TPSA) is 58.4 Å². The number of ether oxygens (including phenoxy) is 3. The highest BCUT2D eigenvalue weighted by molar-refractivity contribution is 6.20. The Hall–Kier alpha value is -3.15. The van der Waals surface area contributed by atoms with Gasteiger partial charge in [-0.25, -0.2) is 9.07 Å². The fourth-order valence-electron chi connectivity index (χ4n) is 4.21. The summed E-state index contributed by atoms with van der Waals surface area (Å²) in [5.41, 5.74) is -0.661. The molecule has 0 spiro atoms. The Morgan fingerprint density at radius 1 is 1.17 bits per heavy atom. The van der Waals surface area contributed by atoms with Gasteiger partial charge in [0, 0.05) is 23.3 Å². The molecule has 0 radical (unpaired) electrons. The van der Waals surface area contributed by atoms with Crippen LogP contribution in [0.15, 0.2) is 30.6 Å². The number of pyridine rings is 1. The lowest BCUT2D eigenvalue weighted by atomic mass is 9.95. The summed E-state index contributed by atoms with van der Waals surface area (Å²) < 4.78 is 97.3. The molecule has 2 aromatic heterocycles. The molecule has 0 saturated heterocycles. The molecule has 0 saturated carbocycles. The van der Waals surface area contributed by atoms with E-state index in [1.54, 1.807) is 0 Å². The van der Waals surface area contributed by atoms with Crippen molar-refractivity contribution in [2.75, 3.05) is 0 Å². The van der Waals surface area contributed by atoms with Crippen molar-refractivity contribution in [1.29, 1.82) is 0 Å². The molecular weight excluding hydrogens is 504 g/mol.